The molecule has 1 aliphatic rings. The fourth-order valence-electron chi connectivity index (χ4n) is 3.01. The van der Waals surface area contributed by atoms with Crippen LogP contribution in [0.3, 0.4) is 0 Å². The van der Waals surface area contributed by atoms with Crippen LogP contribution in [0.5, 0.6) is 0 Å². The number of thioether (sulfide) groups is 1. The first-order valence-corrected chi connectivity index (χ1v) is 10.4. The van der Waals surface area contributed by atoms with Gasteiger partial charge in [0, 0.05) is 24.9 Å². The van der Waals surface area contributed by atoms with Gasteiger partial charge < -0.3 is 26.8 Å². The fourth-order valence-corrected chi connectivity index (χ4v) is 3.92. The fraction of sp³-hybridized carbons (Fsp3) is 0.238. The molecule has 1 aliphatic heterocycles. The molecule has 168 valence electrons. The number of anilines is 2. The number of nitrogens with one attached hydrogen (secondary N) is 2. The first-order chi connectivity index (χ1) is 15.2. The number of amides is 2. The van der Waals surface area contributed by atoms with Gasteiger partial charge in [-0.15, -0.1) is 0 Å². The maximum atomic E-state index is 14.8. The van der Waals surface area contributed by atoms with Gasteiger partial charge in [0.15, 0.2) is 5.17 Å². The van der Waals surface area contributed by atoms with Crippen LogP contribution in [-0.2, 0) is 15.1 Å². The minimum absolute atomic E-state index is 0.117. The highest BCUT2D eigenvalue weighted by Crippen LogP contribution is 2.38. The second kappa shape index (κ2) is 9.79. The number of halogens is 1. The van der Waals surface area contributed by atoms with Crippen molar-refractivity contribution in [2.45, 2.75) is 12.5 Å². The molecule has 0 fully saturated rings. The number of amidine groups is 1. The Labute approximate surface area is 188 Å². The Morgan fingerprint density at radius 3 is 2.69 bits per heavy atom. The van der Waals surface area contributed by atoms with Crippen LogP contribution >= 0.6 is 11.8 Å². The minimum atomic E-state index is -1.26. The smallest absolute Gasteiger partial charge is 0.274 e. The van der Waals surface area contributed by atoms with Crippen molar-refractivity contribution < 1.29 is 18.7 Å². The van der Waals surface area contributed by atoms with Crippen molar-refractivity contribution in [3.8, 4) is 0 Å². The van der Waals surface area contributed by atoms with Gasteiger partial charge in [0.2, 0.25) is 0 Å². The highest BCUT2D eigenvalue weighted by molar-refractivity contribution is 8.17. The minimum Gasteiger partial charge on any atom is -0.397 e. The standard InChI is InChI=1S/C21H23FN6O3S/c1-21(10-17(32-20(24)28-21)19(30)25-7-8-31-2)14-9-13(4-5-15(14)22)27-18(29)16-6-3-12(23)11-26-16/h3-6,9-11H,7-8,23H2,1-2H3,(H2,24,28)(H,25,30)(H,27,29)/t21-/m0/s1. The molecule has 2 heterocycles. The lowest BCUT2D eigenvalue weighted by atomic mass is 9.91. The van der Waals surface area contributed by atoms with Crippen molar-refractivity contribution in [1.29, 1.82) is 0 Å². The Balaban J connectivity index is 1.88. The molecule has 1 atom stereocenters. The summed E-state index contributed by atoms with van der Waals surface area (Å²) in [6.45, 7) is 2.30. The second-order valence-corrected chi connectivity index (χ2v) is 8.14. The van der Waals surface area contributed by atoms with Gasteiger partial charge in [-0.2, -0.15) is 0 Å². The van der Waals surface area contributed by atoms with E-state index < -0.39 is 17.3 Å². The number of ether oxygens (including phenoxy) is 1. The van der Waals surface area contributed by atoms with Crippen LogP contribution in [0.15, 0.2) is 52.5 Å². The summed E-state index contributed by atoms with van der Waals surface area (Å²) in [4.78, 5) is 33.6. The number of nitrogens with zero attached hydrogens (tertiary/aromatic N) is 2. The number of hydrogen-bond acceptors (Lipinski definition) is 8. The van der Waals surface area contributed by atoms with Crippen LogP contribution in [0.1, 0.15) is 23.0 Å². The van der Waals surface area contributed by atoms with E-state index in [2.05, 4.69) is 20.6 Å². The lowest BCUT2D eigenvalue weighted by molar-refractivity contribution is -0.117. The Morgan fingerprint density at radius 1 is 1.22 bits per heavy atom. The molecule has 32 heavy (non-hydrogen) atoms. The van der Waals surface area contributed by atoms with Crippen molar-refractivity contribution in [2.24, 2.45) is 10.7 Å². The van der Waals surface area contributed by atoms with Gasteiger partial charge in [0.25, 0.3) is 11.8 Å². The summed E-state index contributed by atoms with van der Waals surface area (Å²) in [6.07, 6.45) is 2.91. The average Bonchev–Trinajstić information content (AvgIpc) is 2.75. The molecule has 1 aromatic heterocycles. The summed E-state index contributed by atoms with van der Waals surface area (Å²) >= 11 is 0.994. The molecule has 11 heteroatoms. The Kier molecular flexibility index (Phi) is 7.11. The summed E-state index contributed by atoms with van der Waals surface area (Å²) in [5.74, 6) is -1.41. The molecule has 9 nitrogen and oxygen atoms in total. The van der Waals surface area contributed by atoms with E-state index in [0.29, 0.717) is 24.5 Å². The highest BCUT2D eigenvalue weighted by atomic mass is 32.2. The number of hydrogen-bond donors (Lipinski definition) is 4. The van der Waals surface area contributed by atoms with Gasteiger partial charge in [-0.3, -0.25) is 9.59 Å². The van der Waals surface area contributed by atoms with E-state index in [1.165, 1.54) is 37.6 Å². The van der Waals surface area contributed by atoms with E-state index in [1.807, 2.05) is 0 Å². The van der Waals surface area contributed by atoms with Gasteiger partial charge in [-0.25, -0.2) is 14.4 Å². The number of pyridine rings is 1. The van der Waals surface area contributed by atoms with Gasteiger partial charge in [-0.1, -0.05) is 0 Å². The monoisotopic (exact) mass is 458 g/mol. The molecule has 1 aromatic carbocycles. The molecule has 2 aromatic rings. The summed E-state index contributed by atoms with van der Waals surface area (Å²) < 4.78 is 19.7. The van der Waals surface area contributed by atoms with E-state index in [1.54, 1.807) is 19.1 Å². The van der Waals surface area contributed by atoms with Gasteiger partial charge in [-0.05, 0) is 55.1 Å². The number of rotatable bonds is 7. The zero-order valence-corrected chi connectivity index (χ0v) is 18.3. The normalized spacial score (nSPS) is 17.8. The first-order valence-electron chi connectivity index (χ1n) is 9.58. The molecule has 0 unspecified atom stereocenters. The highest BCUT2D eigenvalue weighted by Gasteiger charge is 2.33. The van der Waals surface area contributed by atoms with Crippen molar-refractivity contribution in [3.63, 3.8) is 0 Å². The maximum absolute atomic E-state index is 14.8. The third-order valence-corrected chi connectivity index (χ3v) is 5.40. The number of aromatic nitrogens is 1. The average molecular weight is 459 g/mol. The topological polar surface area (TPSA) is 145 Å². The molecule has 0 aliphatic carbocycles. The Bertz CT molecular complexity index is 1090. The second-order valence-electron chi connectivity index (χ2n) is 7.08. The molecule has 2 amide bonds. The zero-order valence-electron chi connectivity index (χ0n) is 17.5. The lowest BCUT2D eigenvalue weighted by Crippen LogP contribution is -2.33. The number of nitrogens with two attached hydrogens (primary N) is 2. The molecular formula is C21H23FN6O3S. The number of methoxy groups -OCH3 is 1. The quantitative estimate of drug-likeness (QED) is 0.464. The van der Waals surface area contributed by atoms with Crippen LogP contribution in [0.2, 0.25) is 0 Å². The van der Waals surface area contributed by atoms with Crippen LogP contribution < -0.4 is 22.1 Å². The predicted molar refractivity (Wildman–Crippen MR) is 123 cm³/mol. The third kappa shape index (κ3) is 5.42. The first kappa shape index (κ1) is 23.2. The SMILES string of the molecule is COCCNC(=O)C1=C[C@@](C)(c2cc(NC(=O)c3ccc(N)cn3)ccc2F)N=C(N)S1. The van der Waals surface area contributed by atoms with Crippen LogP contribution in [0.4, 0.5) is 15.8 Å². The van der Waals surface area contributed by atoms with Gasteiger partial charge >= 0.3 is 0 Å². The predicted octanol–water partition coefficient (Wildman–Crippen LogP) is 1.98. The number of benzene rings is 1. The van der Waals surface area contributed by atoms with E-state index in [4.69, 9.17) is 16.2 Å². The number of carbonyl (C=O) groups excluding carboxylic acids is 2. The Morgan fingerprint density at radius 2 is 2.00 bits per heavy atom. The summed E-state index contributed by atoms with van der Waals surface area (Å²) in [5, 5.41) is 5.50. The van der Waals surface area contributed by atoms with E-state index in [9.17, 15) is 14.0 Å². The van der Waals surface area contributed by atoms with Crippen molar-refractivity contribution in [3.05, 3.63) is 64.6 Å². The largest absolute Gasteiger partial charge is 0.397 e. The lowest BCUT2D eigenvalue weighted by Gasteiger charge is -2.28. The summed E-state index contributed by atoms with van der Waals surface area (Å²) in [7, 11) is 1.53. The molecule has 0 saturated carbocycles. The van der Waals surface area contributed by atoms with E-state index in [0.717, 1.165) is 11.8 Å². The zero-order chi connectivity index (χ0) is 23.3. The molecule has 3 rings (SSSR count). The van der Waals surface area contributed by atoms with Crippen LogP contribution in [-0.4, -0.2) is 42.2 Å². The van der Waals surface area contributed by atoms with Crippen molar-refractivity contribution in [2.75, 3.05) is 31.3 Å². The molecule has 0 bridgehead atoms. The van der Waals surface area contributed by atoms with Crippen LogP contribution in [0, 0.1) is 5.82 Å². The number of nitrogen functional groups attached to an aromatic ring is 1. The number of carbonyl (C=O) groups is 2. The molecule has 0 saturated heterocycles. The van der Waals surface area contributed by atoms with Gasteiger partial charge in [0.1, 0.15) is 17.1 Å². The van der Waals surface area contributed by atoms with Gasteiger partial charge in [0.05, 0.1) is 23.4 Å². The van der Waals surface area contributed by atoms with E-state index in [-0.39, 0.29) is 27.2 Å². The summed E-state index contributed by atoms with van der Waals surface area (Å²) in [5.41, 5.74) is 11.3. The van der Waals surface area contributed by atoms with Crippen LogP contribution in [0.25, 0.3) is 0 Å². The molecule has 0 radical (unpaired) electrons. The molecule has 0 spiro atoms. The maximum Gasteiger partial charge on any atom is 0.274 e. The Hall–Kier alpha value is -3.44. The third-order valence-electron chi connectivity index (χ3n) is 4.57. The van der Waals surface area contributed by atoms with Crippen molar-refractivity contribution >= 4 is 40.1 Å². The van der Waals surface area contributed by atoms with E-state index >= 15 is 0 Å². The number of aliphatic imine (C=N–C) groups is 1. The molecule has 6 N–H and O–H groups in total. The molecular weight excluding hydrogens is 435 g/mol. The summed E-state index contributed by atoms with van der Waals surface area (Å²) in [6, 6.07) is 7.13. The van der Waals surface area contributed by atoms with Crippen molar-refractivity contribution in [1.82, 2.24) is 10.3 Å².